The van der Waals surface area contributed by atoms with Crippen LogP contribution in [0.3, 0.4) is 0 Å². The molecule has 15 heavy (non-hydrogen) atoms. The molecule has 9 heteroatoms. The minimum atomic E-state index is -4.41. The molecule has 5 atom stereocenters. The van der Waals surface area contributed by atoms with E-state index in [1.54, 1.807) is 0 Å². The van der Waals surface area contributed by atoms with Crippen molar-refractivity contribution >= 4 is 10.1 Å². The largest absolute Gasteiger partial charge is 0.388 e. The molecule has 1 fully saturated rings. The van der Waals surface area contributed by atoms with E-state index in [-0.39, 0.29) is 0 Å². The van der Waals surface area contributed by atoms with E-state index in [9.17, 15) is 13.5 Å². The van der Waals surface area contributed by atoms with Gasteiger partial charge < -0.3 is 25.2 Å². The van der Waals surface area contributed by atoms with Gasteiger partial charge in [-0.1, -0.05) is 0 Å². The fourth-order valence-electron chi connectivity index (χ4n) is 1.28. The molecule has 0 unspecified atom stereocenters. The summed E-state index contributed by atoms with van der Waals surface area (Å²) < 4.78 is 34.0. The van der Waals surface area contributed by atoms with E-state index in [1.807, 2.05) is 0 Å². The Morgan fingerprint density at radius 3 is 2.00 bits per heavy atom. The summed E-state index contributed by atoms with van der Waals surface area (Å²) in [5, 5.41) is 36.5. The standard InChI is InChI=1S/C6H12O8S/c7-3-2(1-15(11,12)13)14-6(10)5(9)4(3)8/h2-10H,1H2,(H,11,12,13)/t2-,3+,4+,5-,6-/m0/s1. The molecular weight excluding hydrogens is 232 g/mol. The SMILES string of the molecule is O=S(=O)(O)C[C@@H]1O[C@H](O)[C@@H](O)[C@H](O)[C@@H]1O. The first-order valence-corrected chi connectivity index (χ1v) is 5.66. The van der Waals surface area contributed by atoms with Crippen LogP contribution in [0.1, 0.15) is 0 Å². The average Bonchev–Trinajstić information content (AvgIpc) is 2.08. The van der Waals surface area contributed by atoms with Crippen molar-refractivity contribution < 1.29 is 38.1 Å². The van der Waals surface area contributed by atoms with Crippen molar-refractivity contribution in [3.63, 3.8) is 0 Å². The zero-order valence-corrected chi connectivity index (χ0v) is 8.28. The second-order valence-corrected chi connectivity index (χ2v) is 4.78. The number of hydrogen-bond donors (Lipinski definition) is 5. The smallest absolute Gasteiger partial charge is 0.267 e. The fraction of sp³-hybridized carbons (Fsp3) is 1.00. The first-order valence-electron chi connectivity index (χ1n) is 4.05. The number of aliphatic hydroxyl groups is 4. The molecule has 0 aromatic heterocycles. The monoisotopic (exact) mass is 244 g/mol. The van der Waals surface area contributed by atoms with Crippen LogP contribution in [0.4, 0.5) is 0 Å². The van der Waals surface area contributed by atoms with Crippen LogP contribution in [-0.4, -0.2) is 69.9 Å². The van der Waals surface area contributed by atoms with Gasteiger partial charge in [0.05, 0.1) is 0 Å². The summed E-state index contributed by atoms with van der Waals surface area (Å²) >= 11 is 0. The Labute approximate surface area is 85.5 Å². The lowest BCUT2D eigenvalue weighted by Gasteiger charge is -2.37. The van der Waals surface area contributed by atoms with Gasteiger partial charge >= 0.3 is 0 Å². The summed E-state index contributed by atoms with van der Waals surface area (Å²) in [6.07, 6.45) is -8.47. The van der Waals surface area contributed by atoms with Gasteiger partial charge in [-0.2, -0.15) is 8.42 Å². The molecule has 5 N–H and O–H groups in total. The van der Waals surface area contributed by atoms with Gasteiger partial charge in [-0.15, -0.1) is 0 Å². The molecule has 1 aliphatic rings. The molecule has 1 heterocycles. The maximum atomic E-state index is 10.5. The van der Waals surface area contributed by atoms with Gasteiger partial charge in [0.15, 0.2) is 6.29 Å². The van der Waals surface area contributed by atoms with E-state index >= 15 is 0 Å². The summed E-state index contributed by atoms with van der Waals surface area (Å²) in [4.78, 5) is 0. The minimum absolute atomic E-state index is 0.977. The molecular formula is C6H12O8S. The van der Waals surface area contributed by atoms with Gasteiger partial charge in [0.25, 0.3) is 10.1 Å². The Bertz CT molecular complexity index is 313. The average molecular weight is 244 g/mol. The highest BCUT2D eigenvalue weighted by Gasteiger charge is 2.44. The third-order valence-electron chi connectivity index (χ3n) is 2.06. The second kappa shape index (κ2) is 4.29. The third-order valence-corrected chi connectivity index (χ3v) is 2.81. The van der Waals surface area contributed by atoms with Gasteiger partial charge in [0, 0.05) is 0 Å². The Morgan fingerprint density at radius 1 is 1.00 bits per heavy atom. The Morgan fingerprint density at radius 2 is 1.53 bits per heavy atom. The van der Waals surface area contributed by atoms with Crippen molar-refractivity contribution in [2.75, 3.05) is 5.75 Å². The highest BCUT2D eigenvalue weighted by Crippen LogP contribution is 2.20. The normalized spacial score (nSPS) is 42.9. The molecule has 0 aliphatic carbocycles. The highest BCUT2D eigenvalue weighted by atomic mass is 32.2. The predicted octanol–water partition coefficient (Wildman–Crippen LogP) is -3.33. The lowest BCUT2D eigenvalue weighted by Crippen LogP contribution is -2.59. The molecule has 8 nitrogen and oxygen atoms in total. The van der Waals surface area contributed by atoms with Crippen LogP contribution < -0.4 is 0 Å². The van der Waals surface area contributed by atoms with Crippen LogP contribution >= 0.6 is 0 Å². The number of hydrogen-bond acceptors (Lipinski definition) is 7. The molecule has 0 radical (unpaired) electrons. The van der Waals surface area contributed by atoms with Crippen LogP contribution in [0.2, 0.25) is 0 Å². The highest BCUT2D eigenvalue weighted by molar-refractivity contribution is 7.85. The molecule has 1 rings (SSSR count). The van der Waals surface area contributed by atoms with Crippen LogP contribution in [0.15, 0.2) is 0 Å². The molecule has 0 aromatic rings. The van der Waals surface area contributed by atoms with Crippen LogP contribution in [-0.2, 0) is 14.9 Å². The lowest BCUT2D eigenvalue weighted by atomic mass is 10.0. The van der Waals surface area contributed by atoms with Crippen molar-refractivity contribution in [1.82, 2.24) is 0 Å². The summed E-state index contributed by atoms with van der Waals surface area (Å²) in [7, 11) is -4.41. The zero-order chi connectivity index (χ0) is 11.8. The van der Waals surface area contributed by atoms with Gasteiger partial charge in [-0.05, 0) is 0 Å². The summed E-state index contributed by atoms with van der Waals surface area (Å²) in [6, 6.07) is 0. The van der Waals surface area contributed by atoms with E-state index in [0.29, 0.717) is 0 Å². The van der Waals surface area contributed by atoms with E-state index in [0.717, 1.165) is 0 Å². The molecule has 90 valence electrons. The second-order valence-electron chi connectivity index (χ2n) is 3.29. The first-order chi connectivity index (χ1) is 6.72. The molecule has 0 saturated carbocycles. The van der Waals surface area contributed by atoms with Crippen molar-refractivity contribution in [2.24, 2.45) is 0 Å². The van der Waals surface area contributed by atoms with Crippen molar-refractivity contribution in [3.8, 4) is 0 Å². The number of aliphatic hydroxyl groups excluding tert-OH is 4. The maximum absolute atomic E-state index is 10.5. The third kappa shape index (κ3) is 3.08. The first kappa shape index (κ1) is 12.8. The molecule has 0 amide bonds. The van der Waals surface area contributed by atoms with Gasteiger partial charge in [-0.25, -0.2) is 0 Å². The van der Waals surface area contributed by atoms with Gasteiger partial charge in [-0.3, -0.25) is 4.55 Å². The van der Waals surface area contributed by atoms with Crippen LogP contribution in [0.5, 0.6) is 0 Å². The maximum Gasteiger partial charge on any atom is 0.267 e. The number of ether oxygens (including phenoxy) is 1. The Balaban J connectivity index is 2.75. The van der Waals surface area contributed by atoms with E-state index in [1.165, 1.54) is 0 Å². The van der Waals surface area contributed by atoms with Crippen molar-refractivity contribution in [3.05, 3.63) is 0 Å². The molecule has 1 aliphatic heterocycles. The van der Waals surface area contributed by atoms with Crippen molar-refractivity contribution in [2.45, 2.75) is 30.7 Å². The Hall–Kier alpha value is -0.290. The summed E-state index contributed by atoms with van der Waals surface area (Å²) in [5.74, 6) is -0.977. The topological polar surface area (TPSA) is 145 Å². The molecule has 0 bridgehead atoms. The van der Waals surface area contributed by atoms with Crippen LogP contribution in [0, 0.1) is 0 Å². The zero-order valence-electron chi connectivity index (χ0n) is 7.46. The Kier molecular flexibility index (Phi) is 3.66. The van der Waals surface area contributed by atoms with Gasteiger partial charge in [0.2, 0.25) is 0 Å². The van der Waals surface area contributed by atoms with Crippen LogP contribution in [0.25, 0.3) is 0 Å². The summed E-state index contributed by atoms with van der Waals surface area (Å²) in [5.41, 5.74) is 0. The predicted molar refractivity (Wildman–Crippen MR) is 45.3 cm³/mol. The van der Waals surface area contributed by atoms with Gasteiger partial charge in [0.1, 0.15) is 30.2 Å². The van der Waals surface area contributed by atoms with E-state index in [2.05, 4.69) is 4.74 Å². The van der Waals surface area contributed by atoms with E-state index < -0.39 is 46.6 Å². The lowest BCUT2D eigenvalue weighted by molar-refractivity contribution is -0.276. The van der Waals surface area contributed by atoms with E-state index in [4.69, 9.17) is 19.9 Å². The summed E-state index contributed by atoms with van der Waals surface area (Å²) in [6.45, 7) is 0. The quantitative estimate of drug-likeness (QED) is 0.317. The fourth-order valence-corrected chi connectivity index (χ4v) is 1.97. The number of rotatable bonds is 2. The molecule has 0 aromatic carbocycles. The molecule has 0 spiro atoms. The molecule has 1 saturated heterocycles. The minimum Gasteiger partial charge on any atom is -0.388 e. The van der Waals surface area contributed by atoms with Crippen molar-refractivity contribution in [1.29, 1.82) is 0 Å².